The molecular formula is C10H8O2S. The molecule has 1 aromatic carbocycles. The molecule has 0 fully saturated rings. The third-order valence-electron chi connectivity index (χ3n) is 2.16. The third-order valence-corrected chi connectivity index (χ3v) is 3.03. The molecule has 13 heavy (non-hydrogen) atoms. The van der Waals surface area contributed by atoms with Crippen LogP contribution in [-0.4, -0.2) is 11.4 Å². The van der Waals surface area contributed by atoms with E-state index in [0.717, 1.165) is 15.6 Å². The predicted octanol–water partition coefficient (Wildman–Crippen LogP) is 2.73. The van der Waals surface area contributed by atoms with Crippen molar-refractivity contribution in [3.8, 4) is 5.75 Å². The highest BCUT2D eigenvalue weighted by molar-refractivity contribution is 7.17. The lowest BCUT2D eigenvalue weighted by molar-refractivity contribution is 0.112. The number of thiophene rings is 1. The van der Waals surface area contributed by atoms with E-state index in [2.05, 4.69) is 0 Å². The Bertz CT molecular complexity index is 471. The highest BCUT2D eigenvalue weighted by atomic mass is 32.1. The van der Waals surface area contributed by atoms with E-state index in [4.69, 9.17) is 0 Å². The molecule has 1 heterocycles. The van der Waals surface area contributed by atoms with Crippen molar-refractivity contribution in [3.63, 3.8) is 0 Å². The second-order valence-electron chi connectivity index (χ2n) is 2.88. The summed E-state index contributed by atoms with van der Waals surface area (Å²) in [6.07, 6.45) is 0.696. The molecular weight excluding hydrogens is 184 g/mol. The maximum Gasteiger partial charge on any atom is 0.154 e. The van der Waals surface area contributed by atoms with Crippen LogP contribution in [0.1, 0.15) is 15.9 Å². The quantitative estimate of drug-likeness (QED) is 0.705. The average molecular weight is 192 g/mol. The van der Waals surface area contributed by atoms with Crippen LogP contribution in [0.15, 0.2) is 17.5 Å². The molecule has 0 bridgehead atoms. The summed E-state index contributed by atoms with van der Waals surface area (Å²) >= 11 is 1.56. The van der Waals surface area contributed by atoms with Crippen molar-refractivity contribution in [1.29, 1.82) is 0 Å². The van der Waals surface area contributed by atoms with E-state index in [9.17, 15) is 9.90 Å². The molecule has 2 nitrogen and oxygen atoms in total. The van der Waals surface area contributed by atoms with Crippen LogP contribution in [0, 0.1) is 6.92 Å². The number of aryl methyl sites for hydroxylation is 1. The number of fused-ring (bicyclic) bond motifs is 1. The number of aromatic hydroxyl groups is 1. The number of phenols is 1. The number of carbonyl (C=O) groups is 1. The van der Waals surface area contributed by atoms with Crippen molar-refractivity contribution < 1.29 is 9.90 Å². The lowest BCUT2D eigenvalue weighted by atomic mass is 10.1. The van der Waals surface area contributed by atoms with Gasteiger partial charge in [0.05, 0.1) is 5.56 Å². The van der Waals surface area contributed by atoms with Gasteiger partial charge in [0.1, 0.15) is 5.75 Å². The average Bonchev–Trinajstić information content (AvgIpc) is 2.53. The van der Waals surface area contributed by atoms with Gasteiger partial charge in [-0.1, -0.05) is 0 Å². The molecule has 0 aliphatic heterocycles. The molecule has 2 rings (SSSR count). The molecule has 0 amide bonds. The summed E-state index contributed by atoms with van der Waals surface area (Å²) in [6, 6.07) is 3.60. The van der Waals surface area contributed by atoms with Crippen LogP contribution in [-0.2, 0) is 0 Å². The number of phenolic OH excluding ortho intramolecular Hbond substituents is 1. The first-order chi connectivity index (χ1) is 6.24. The summed E-state index contributed by atoms with van der Waals surface area (Å²) in [5.41, 5.74) is 1.25. The molecule has 0 radical (unpaired) electrons. The Labute approximate surface area is 79.4 Å². The zero-order chi connectivity index (χ0) is 9.42. The molecule has 0 saturated carbocycles. The Morgan fingerprint density at radius 3 is 3.00 bits per heavy atom. The first kappa shape index (κ1) is 8.26. The van der Waals surface area contributed by atoms with E-state index in [1.54, 1.807) is 17.4 Å². The van der Waals surface area contributed by atoms with Gasteiger partial charge in [-0.2, -0.15) is 0 Å². The van der Waals surface area contributed by atoms with Crippen molar-refractivity contribution in [3.05, 3.63) is 28.6 Å². The fourth-order valence-corrected chi connectivity index (χ4v) is 2.31. The molecule has 0 unspecified atom stereocenters. The minimum absolute atomic E-state index is 0.0717. The van der Waals surface area contributed by atoms with Crippen LogP contribution < -0.4 is 0 Å². The second kappa shape index (κ2) is 2.85. The topological polar surface area (TPSA) is 37.3 Å². The van der Waals surface area contributed by atoms with Gasteiger partial charge < -0.3 is 5.11 Å². The van der Waals surface area contributed by atoms with Gasteiger partial charge in [-0.25, -0.2) is 0 Å². The minimum atomic E-state index is 0.0717. The molecule has 0 spiro atoms. The summed E-state index contributed by atoms with van der Waals surface area (Å²) in [4.78, 5) is 10.7. The fraction of sp³-hybridized carbons (Fsp3) is 0.100. The smallest absolute Gasteiger partial charge is 0.154 e. The number of rotatable bonds is 1. The minimum Gasteiger partial charge on any atom is -0.507 e. The standard InChI is InChI=1S/C10H8O2S/c1-6-7-2-3-13-10(7)4-9(12)8(6)5-11/h2-5,12H,1H3. The first-order valence-electron chi connectivity index (χ1n) is 3.89. The molecule has 0 atom stereocenters. The molecule has 0 aliphatic carbocycles. The van der Waals surface area contributed by atoms with Gasteiger partial charge in [-0.15, -0.1) is 11.3 Å². The van der Waals surface area contributed by atoms with E-state index < -0.39 is 0 Å². The number of hydrogen-bond acceptors (Lipinski definition) is 3. The SMILES string of the molecule is Cc1c(C=O)c(O)cc2sccc12. The molecule has 0 saturated heterocycles. The van der Waals surface area contributed by atoms with Gasteiger partial charge in [0.25, 0.3) is 0 Å². The number of aldehydes is 1. The number of carbonyl (C=O) groups excluding carboxylic acids is 1. The molecule has 1 N–H and O–H groups in total. The predicted molar refractivity (Wildman–Crippen MR) is 53.6 cm³/mol. The summed E-state index contributed by atoms with van der Waals surface area (Å²) in [5, 5.41) is 12.5. The lowest BCUT2D eigenvalue weighted by Crippen LogP contribution is -1.87. The van der Waals surface area contributed by atoms with Gasteiger partial charge in [0, 0.05) is 4.70 Å². The van der Waals surface area contributed by atoms with Gasteiger partial charge in [0.2, 0.25) is 0 Å². The van der Waals surface area contributed by atoms with E-state index >= 15 is 0 Å². The van der Waals surface area contributed by atoms with E-state index in [1.807, 2.05) is 18.4 Å². The largest absolute Gasteiger partial charge is 0.507 e. The third kappa shape index (κ3) is 1.12. The van der Waals surface area contributed by atoms with Crippen LogP contribution >= 0.6 is 11.3 Å². The van der Waals surface area contributed by atoms with Crippen molar-refractivity contribution in [2.75, 3.05) is 0 Å². The normalized spacial score (nSPS) is 10.5. The Morgan fingerprint density at radius 1 is 1.54 bits per heavy atom. The summed E-state index contributed by atoms with van der Waals surface area (Å²) in [6.45, 7) is 1.85. The van der Waals surface area contributed by atoms with Gasteiger partial charge in [-0.05, 0) is 35.4 Å². The Hall–Kier alpha value is -1.35. The second-order valence-corrected chi connectivity index (χ2v) is 3.83. The molecule has 0 aliphatic rings. The summed E-state index contributed by atoms with van der Waals surface area (Å²) in [7, 11) is 0. The molecule has 1 aromatic heterocycles. The molecule has 3 heteroatoms. The summed E-state index contributed by atoms with van der Waals surface area (Å²) < 4.78 is 1.01. The maximum atomic E-state index is 10.7. The maximum absolute atomic E-state index is 10.7. The zero-order valence-corrected chi connectivity index (χ0v) is 7.89. The monoisotopic (exact) mass is 192 g/mol. The van der Waals surface area contributed by atoms with Gasteiger partial charge in [0.15, 0.2) is 6.29 Å². The Kier molecular flexibility index (Phi) is 1.81. The van der Waals surface area contributed by atoms with Crippen LogP contribution in [0.4, 0.5) is 0 Å². The van der Waals surface area contributed by atoms with Crippen molar-refractivity contribution in [2.45, 2.75) is 6.92 Å². The van der Waals surface area contributed by atoms with E-state index in [0.29, 0.717) is 11.8 Å². The number of hydrogen-bond donors (Lipinski definition) is 1. The van der Waals surface area contributed by atoms with Crippen LogP contribution in [0.25, 0.3) is 10.1 Å². The first-order valence-corrected chi connectivity index (χ1v) is 4.77. The zero-order valence-electron chi connectivity index (χ0n) is 7.07. The van der Waals surface area contributed by atoms with Crippen molar-refractivity contribution in [1.82, 2.24) is 0 Å². The van der Waals surface area contributed by atoms with Crippen molar-refractivity contribution in [2.24, 2.45) is 0 Å². The Balaban J connectivity index is 2.92. The summed E-state index contributed by atoms with van der Waals surface area (Å²) in [5.74, 6) is 0.0717. The van der Waals surface area contributed by atoms with E-state index in [1.165, 1.54) is 0 Å². The van der Waals surface area contributed by atoms with Crippen LogP contribution in [0.3, 0.4) is 0 Å². The highest BCUT2D eigenvalue weighted by Gasteiger charge is 2.08. The van der Waals surface area contributed by atoms with Gasteiger partial charge in [-0.3, -0.25) is 4.79 Å². The van der Waals surface area contributed by atoms with E-state index in [-0.39, 0.29) is 5.75 Å². The number of benzene rings is 1. The Morgan fingerprint density at radius 2 is 2.31 bits per heavy atom. The molecule has 66 valence electrons. The van der Waals surface area contributed by atoms with Crippen LogP contribution in [0.2, 0.25) is 0 Å². The fourth-order valence-electron chi connectivity index (χ4n) is 1.43. The van der Waals surface area contributed by atoms with Crippen molar-refractivity contribution >= 4 is 27.7 Å². The van der Waals surface area contributed by atoms with Gasteiger partial charge >= 0.3 is 0 Å². The van der Waals surface area contributed by atoms with Crippen LogP contribution in [0.5, 0.6) is 5.75 Å². The highest BCUT2D eigenvalue weighted by Crippen LogP contribution is 2.31. The molecule has 2 aromatic rings. The lowest BCUT2D eigenvalue weighted by Gasteiger charge is -2.02.